The number of likely N-dealkylation sites (tertiary alicyclic amines) is 1. The van der Waals surface area contributed by atoms with Gasteiger partial charge in [-0.05, 0) is 31.0 Å². The molecule has 98 valence electrons. The molecule has 4 heteroatoms. The fraction of sp³-hybridized carbons (Fsp3) is 0.571. The molecule has 1 fully saturated rings. The van der Waals surface area contributed by atoms with Gasteiger partial charge in [-0.15, -0.1) is 0 Å². The number of halogens is 1. The van der Waals surface area contributed by atoms with Crippen molar-refractivity contribution in [2.75, 3.05) is 13.2 Å². The Bertz CT molecular complexity index is 463. The first kappa shape index (κ1) is 12.3. The Kier molecular flexibility index (Phi) is 3.22. The van der Waals surface area contributed by atoms with Crippen LogP contribution < -0.4 is 10.5 Å². The van der Waals surface area contributed by atoms with Crippen molar-refractivity contribution in [3.63, 3.8) is 0 Å². The highest BCUT2D eigenvalue weighted by Crippen LogP contribution is 2.34. The topological polar surface area (TPSA) is 38.5 Å². The number of ether oxygens (including phenoxy) is 1. The van der Waals surface area contributed by atoms with E-state index in [0.29, 0.717) is 6.04 Å². The van der Waals surface area contributed by atoms with Crippen LogP contribution in [0, 0.1) is 0 Å². The standard InChI is InChI=1S/C14H19ClN2O/c1-9-13(16)2-4-17(9)8-11-7-12(15)6-10-3-5-18-14(10)11/h6-7,9,13H,2-5,8,16H2,1H3. The Hall–Kier alpha value is -0.770. The first-order chi connectivity index (χ1) is 8.65. The van der Waals surface area contributed by atoms with E-state index in [-0.39, 0.29) is 6.04 Å². The molecule has 18 heavy (non-hydrogen) atoms. The summed E-state index contributed by atoms with van der Waals surface area (Å²) >= 11 is 6.18. The molecule has 0 radical (unpaired) electrons. The number of nitrogens with two attached hydrogens (primary N) is 1. The molecule has 0 bridgehead atoms. The normalized spacial score (nSPS) is 27.3. The minimum atomic E-state index is 0.290. The van der Waals surface area contributed by atoms with Gasteiger partial charge in [0, 0.05) is 42.2 Å². The van der Waals surface area contributed by atoms with Crippen LogP contribution in [-0.2, 0) is 13.0 Å². The second-order valence-electron chi connectivity index (χ2n) is 5.32. The predicted molar refractivity (Wildman–Crippen MR) is 73.1 cm³/mol. The lowest BCUT2D eigenvalue weighted by Gasteiger charge is -2.24. The maximum atomic E-state index is 6.18. The molecule has 2 aliphatic heterocycles. The smallest absolute Gasteiger partial charge is 0.127 e. The molecule has 1 aromatic carbocycles. The summed E-state index contributed by atoms with van der Waals surface area (Å²) in [6, 6.07) is 4.77. The number of rotatable bonds is 2. The van der Waals surface area contributed by atoms with E-state index >= 15 is 0 Å². The molecule has 0 saturated carbocycles. The van der Waals surface area contributed by atoms with Gasteiger partial charge in [0.05, 0.1) is 6.61 Å². The van der Waals surface area contributed by atoms with Gasteiger partial charge in [0.1, 0.15) is 5.75 Å². The van der Waals surface area contributed by atoms with Gasteiger partial charge in [-0.1, -0.05) is 11.6 Å². The summed E-state index contributed by atoms with van der Waals surface area (Å²) in [6.07, 6.45) is 2.04. The van der Waals surface area contributed by atoms with Crippen molar-refractivity contribution in [2.24, 2.45) is 5.73 Å². The van der Waals surface area contributed by atoms with E-state index in [1.54, 1.807) is 0 Å². The van der Waals surface area contributed by atoms with Crippen molar-refractivity contribution in [1.82, 2.24) is 4.90 Å². The zero-order valence-corrected chi connectivity index (χ0v) is 11.4. The molecule has 0 spiro atoms. The molecule has 2 aliphatic rings. The molecule has 2 heterocycles. The molecule has 1 aromatic rings. The average molecular weight is 267 g/mol. The minimum absolute atomic E-state index is 0.290. The van der Waals surface area contributed by atoms with Crippen molar-refractivity contribution in [3.05, 3.63) is 28.3 Å². The molecule has 0 amide bonds. The Morgan fingerprint density at radius 3 is 3.06 bits per heavy atom. The van der Waals surface area contributed by atoms with Gasteiger partial charge >= 0.3 is 0 Å². The SMILES string of the molecule is CC1C(N)CCN1Cc1cc(Cl)cc2c1OCC2. The van der Waals surface area contributed by atoms with Crippen LogP contribution in [0.5, 0.6) is 5.75 Å². The van der Waals surface area contributed by atoms with E-state index in [2.05, 4.69) is 11.8 Å². The summed E-state index contributed by atoms with van der Waals surface area (Å²) < 4.78 is 5.74. The van der Waals surface area contributed by atoms with Gasteiger partial charge in [0.15, 0.2) is 0 Å². The van der Waals surface area contributed by atoms with Crippen molar-refractivity contribution < 1.29 is 4.74 Å². The lowest BCUT2D eigenvalue weighted by atomic mass is 10.1. The number of hydrogen-bond acceptors (Lipinski definition) is 3. The number of nitrogens with zero attached hydrogens (tertiary/aromatic N) is 1. The molecule has 0 aliphatic carbocycles. The third kappa shape index (κ3) is 2.11. The minimum Gasteiger partial charge on any atom is -0.493 e. The van der Waals surface area contributed by atoms with Crippen molar-refractivity contribution in [1.29, 1.82) is 0 Å². The van der Waals surface area contributed by atoms with Crippen LogP contribution in [0.2, 0.25) is 5.02 Å². The molecule has 3 nitrogen and oxygen atoms in total. The van der Waals surface area contributed by atoms with E-state index in [1.807, 2.05) is 12.1 Å². The molecule has 1 saturated heterocycles. The van der Waals surface area contributed by atoms with E-state index in [9.17, 15) is 0 Å². The number of fused-ring (bicyclic) bond motifs is 1. The van der Waals surface area contributed by atoms with Gasteiger partial charge in [0.25, 0.3) is 0 Å². The van der Waals surface area contributed by atoms with Crippen LogP contribution >= 0.6 is 11.6 Å². The monoisotopic (exact) mass is 266 g/mol. The maximum absolute atomic E-state index is 6.18. The van der Waals surface area contributed by atoms with Crippen molar-refractivity contribution >= 4 is 11.6 Å². The Balaban J connectivity index is 1.85. The van der Waals surface area contributed by atoms with Gasteiger partial charge < -0.3 is 10.5 Å². The summed E-state index contributed by atoms with van der Waals surface area (Å²) in [5, 5.41) is 0.811. The largest absolute Gasteiger partial charge is 0.493 e. The number of hydrogen-bond donors (Lipinski definition) is 1. The number of benzene rings is 1. The summed E-state index contributed by atoms with van der Waals surface area (Å²) in [5.74, 6) is 1.05. The van der Waals surface area contributed by atoms with Crippen LogP contribution in [0.3, 0.4) is 0 Å². The quantitative estimate of drug-likeness (QED) is 0.892. The Morgan fingerprint density at radius 2 is 2.33 bits per heavy atom. The van der Waals surface area contributed by atoms with E-state index in [1.165, 1.54) is 11.1 Å². The molecular weight excluding hydrogens is 248 g/mol. The fourth-order valence-corrected chi connectivity index (χ4v) is 3.20. The molecular formula is C14H19ClN2O. The Morgan fingerprint density at radius 1 is 1.50 bits per heavy atom. The summed E-state index contributed by atoms with van der Waals surface area (Å²) in [4.78, 5) is 2.41. The third-order valence-electron chi connectivity index (χ3n) is 4.14. The van der Waals surface area contributed by atoms with Gasteiger partial charge in [-0.3, -0.25) is 4.90 Å². The van der Waals surface area contributed by atoms with Crippen LogP contribution in [0.1, 0.15) is 24.5 Å². The summed E-state index contributed by atoms with van der Waals surface area (Å²) in [7, 11) is 0. The Labute approximate surface area is 113 Å². The lowest BCUT2D eigenvalue weighted by molar-refractivity contribution is 0.246. The van der Waals surface area contributed by atoms with Crippen molar-refractivity contribution in [2.45, 2.75) is 38.4 Å². The van der Waals surface area contributed by atoms with Gasteiger partial charge in [0.2, 0.25) is 0 Å². The maximum Gasteiger partial charge on any atom is 0.127 e. The molecule has 2 N–H and O–H groups in total. The molecule has 2 unspecified atom stereocenters. The molecule has 0 aromatic heterocycles. The fourth-order valence-electron chi connectivity index (χ4n) is 2.94. The summed E-state index contributed by atoms with van der Waals surface area (Å²) in [6.45, 7) is 4.92. The zero-order valence-electron chi connectivity index (χ0n) is 10.7. The van der Waals surface area contributed by atoms with Gasteiger partial charge in [-0.2, -0.15) is 0 Å². The highest BCUT2D eigenvalue weighted by atomic mass is 35.5. The third-order valence-corrected chi connectivity index (χ3v) is 4.36. The van der Waals surface area contributed by atoms with E-state index < -0.39 is 0 Å². The molecule has 3 rings (SSSR count). The van der Waals surface area contributed by atoms with E-state index in [4.69, 9.17) is 22.1 Å². The van der Waals surface area contributed by atoms with Crippen LogP contribution in [0.25, 0.3) is 0 Å². The van der Waals surface area contributed by atoms with Crippen LogP contribution in [0.4, 0.5) is 0 Å². The first-order valence-corrected chi connectivity index (χ1v) is 6.96. The molecule has 2 atom stereocenters. The average Bonchev–Trinajstić information content (AvgIpc) is 2.90. The van der Waals surface area contributed by atoms with Crippen LogP contribution in [0.15, 0.2) is 12.1 Å². The second-order valence-corrected chi connectivity index (χ2v) is 5.75. The second kappa shape index (κ2) is 4.72. The zero-order chi connectivity index (χ0) is 12.7. The van der Waals surface area contributed by atoms with E-state index in [0.717, 1.165) is 43.3 Å². The first-order valence-electron chi connectivity index (χ1n) is 6.59. The lowest BCUT2D eigenvalue weighted by Crippen LogP contribution is -2.36. The van der Waals surface area contributed by atoms with Crippen molar-refractivity contribution in [3.8, 4) is 5.75 Å². The van der Waals surface area contributed by atoms with Crippen LogP contribution in [-0.4, -0.2) is 30.1 Å². The highest BCUT2D eigenvalue weighted by Gasteiger charge is 2.29. The predicted octanol–water partition coefficient (Wildman–Crippen LogP) is 2.20. The highest BCUT2D eigenvalue weighted by molar-refractivity contribution is 6.30. The van der Waals surface area contributed by atoms with Gasteiger partial charge in [-0.25, -0.2) is 0 Å². The summed E-state index contributed by atoms with van der Waals surface area (Å²) in [5.41, 5.74) is 8.51.